The van der Waals surface area contributed by atoms with Crippen LogP contribution in [0.25, 0.3) is 11.5 Å². The predicted molar refractivity (Wildman–Crippen MR) is 61.1 cm³/mol. The average Bonchev–Trinajstić information content (AvgIpc) is 2.78. The molecule has 0 saturated carbocycles. The molecule has 0 amide bonds. The molecule has 0 fully saturated rings. The Kier molecular flexibility index (Phi) is 2.78. The molecule has 0 aliphatic carbocycles. The number of benzene rings is 1. The van der Waals surface area contributed by atoms with Crippen molar-refractivity contribution in [3.05, 3.63) is 23.8 Å². The maximum absolute atomic E-state index is 10.7. The number of para-hydroxylation sites is 1. The number of carbonyl (C=O) groups excluding carboxylic acids is 1. The normalized spacial score (nSPS) is 10.2. The van der Waals surface area contributed by atoms with E-state index < -0.39 is 0 Å². The second kappa shape index (κ2) is 4.25. The Balaban J connectivity index is 2.49. The van der Waals surface area contributed by atoms with Crippen molar-refractivity contribution in [2.24, 2.45) is 0 Å². The van der Waals surface area contributed by atoms with Crippen LogP contribution in [0.2, 0.25) is 0 Å². The Morgan fingerprint density at radius 2 is 2.18 bits per heavy atom. The topological polar surface area (TPSA) is 79.5 Å². The Morgan fingerprint density at radius 1 is 1.41 bits per heavy atom. The van der Waals surface area contributed by atoms with Crippen molar-refractivity contribution in [1.29, 1.82) is 0 Å². The van der Waals surface area contributed by atoms with Gasteiger partial charge in [-0.1, -0.05) is 6.07 Å². The third-order valence-electron chi connectivity index (χ3n) is 2.24. The van der Waals surface area contributed by atoms with Crippen molar-refractivity contribution in [3.63, 3.8) is 0 Å². The Morgan fingerprint density at radius 3 is 2.76 bits per heavy atom. The van der Waals surface area contributed by atoms with E-state index in [1.165, 1.54) is 6.07 Å². The van der Waals surface area contributed by atoms with Gasteiger partial charge in [0.25, 0.3) is 11.8 Å². The number of aromatic nitrogens is 2. The van der Waals surface area contributed by atoms with Gasteiger partial charge in [-0.25, -0.2) is 0 Å². The van der Waals surface area contributed by atoms with Crippen LogP contribution in [0.5, 0.6) is 5.75 Å². The molecule has 0 bridgehead atoms. The molecular formula is C11H11N3O3. The van der Waals surface area contributed by atoms with Gasteiger partial charge < -0.3 is 14.5 Å². The molecule has 88 valence electrons. The van der Waals surface area contributed by atoms with Crippen LogP contribution in [0, 0.1) is 0 Å². The average molecular weight is 233 g/mol. The van der Waals surface area contributed by atoms with E-state index in [1.54, 1.807) is 31.1 Å². The number of nitrogens with zero attached hydrogens (tertiary/aromatic N) is 3. The first-order valence-electron chi connectivity index (χ1n) is 4.92. The van der Waals surface area contributed by atoms with Crippen LogP contribution in [0.1, 0.15) is 10.4 Å². The lowest BCUT2D eigenvalue weighted by atomic mass is 10.1. The maximum Gasteiger partial charge on any atom is 0.265 e. The van der Waals surface area contributed by atoms with Gasteiger partial charge in [-0.3, -0.25) is 4.79 Å². The minimum Gasteiger partial charge on any atom is -0.506 e. The first-order chi connectivity index (χ1) is 8.13. The van der Waals surface area contributed by atoms with Gasteiger partial charge in [-0.15, -0.1) is 0 Å². The van der Waals surface area contributed by atoms with Crippen LogP contribution in [-0.4, -0.2) is 35.6 Å². The lowest BCUT2D eigenvalue weighted by molar-refractivity contribution is 0.112. The highest BCUT2D eigenvalue weighted by atomic mass is 16.5. The zero-order valence-corrected chi connectivity index (χ0v) is 9.41. The lowest BCUT2D eigenvalue weighted by Crippen LogP contribution is -2.10. The molecule has 0 aliphatic heterocycles. The van der Waals surface area contributed by atoms with E-state index in [1.807, 2.05) is 0 Å². The fraction of sp³-hybridized carbons (Fsp3) is 0.182. The predicted octanol–water partition coefficient (Wildman–Crippen LogP) is 1.32. The molecule has 1 heterocycles. The summed E-state index contributed by atoms with van der Waals surface area (Å²) in [5.41, 5.74) is 0.530. The highest BCUT2D eigenvalue weighted by Crippen LogP contribution is 2.30. The number of hydrogen-bond acceptors (Lipinski definition) is 6. The van der Waals surface area contributed by atoms with Gasteiger partial charge in [0.05, 0.1) is 11.1 Å². The minimum absolute atomic E-state index is 0.156. The first-order valence-corrected chi connectivity index (χ1v) is 4.92. The number of anilines is 1. The van der Waals surface area contributed by atoms with Crippen LogP contribution >= 0.6 is 0 Å². The second-order valence-electron chi connectivity index (χ2n) is 3.66. The van der Waals surface area contributed by atoms with Crippen molar-refractivity contribution in [2.75, 3.05) is 19.0 Å². The molecule has 6 nitrogen and oxygen atoms in total. The van der Waals surface area contributed by atoms with Gasteiger partial charge in [0.15, 0.2) is 6.29 Å². The zero-order valence-electron chi connectivity index (χ0n) is 9.41. The number of carbonyl (C=O) groups is 1. The fourth-order valence-corrected chi connectivity index (χ4v) is 1.34. The standard InChI is InChI=1S/C11H11N3O3/c1-14(2)11-12-10(17-13-11)8-5-3-4-7(6-15)9(8)16/h3-6,16H,1-2H3. The number of aromatic hydroxyl groups is 1. The SMILES string of the molecule is CN(C)c1noc(-c2cccc(C=O)c2O)n1. The summed E-state index contributed by atoms with van der Waals surface area (Å²) in [4.78, 5) is 16.5. The van der Waals surface area contributed by atoms with Crippen molar-refractivity contribution >= 4 is 12.2 Å². The number of hydrogen-bond donors (Lipinski definition) is 1. The first kappa shape index (κ1) is 11.1. The summed E-state index contributed by atoms with van der Waals surface area (Å²) in [5.74, 6) is 0.419. The third kappa shape index (κ3) is 1.96. The molecule has 2 aromatic rings. The third-order valence-corrected chi connectivity index (χ3v) is 2.24. The molecule has 6 heteroatoms. The summed E-state index contributed by atoms with van der Waals surface area (Å²) in [6.45, 7) is 0. The minimum atomic E-state index is -0.156. The molecule has 0 aliphatic rings. The molecule has 2 rings (SSSR count). The van der Waals surface area contributed by atoms with E-state index in [4.69, 9.17) is 4.52 Å². The van der Waals surface area contributed by atoms with Gasteiger partial charge in [-0.05, 0) is 17.3 Å². The summed E-state index contributed by atoms with van der Waals surface area (Å²) in [5, 5.41) is 13.5. The van der Waals surface area contributed by atoms with E-state index >= 15 is 0 Å². The van der Waals surface area contributed by atoms with Gasteiger partial charge in [0.1, 0.15) is 5.75 Å². The number of phenolic OH excluding ortho intramolecular Hbond substituents is 1. The molecule has 1 N–H and O–H groups in total. The van der Waals surface area contributed by atoms with E-state index in [9.17, 15) is 9.90 Å². The van der Waals surface area contributed by atoms with Gasteiger partial charge in [0, 0.05) is 14.1 Å². The lowest BCUT2D eigenvalue weighted by Gasteiger charge is -2.03. The fourth-order valence-electron chi connectivity index (χ4n) is 1.34. The van der Waals surface area contributed by atoms with Crippen molar-refractivity contribution in [2.45, 2.75) is 0 Å². The summed E-state index contributed by atoms with van der Waals surface area (Å²) >= 11 is 0. The van der Waals surface area contributed by atoms with Crippen LogP contribution in [-0.2, 0) is 0 Å². The largest absolute Gasteiger partial charge is 0.506 e. The molecule has 17 heavy (non-hydrogen) atoms. The number of aldehydes is 1. The second-order valence-corrected chi connectivity index (χ2v) is 3.66. The quantitative estimate of drug-likeness (QED) is 0.805. The molecular weight excluding hydrogens is 222 g/mol. The van der Waals surface area contributed by atoms with Crippen LogP contribution < -0.4 is 4.90 Å². The van der Waals surface area contributed by atoms with Crippen molar-refractivity contribution < 1.29 is 14.4 Å². The summed E-state index contributed by atoms with van der Waals surface area (Å²) < 4.78 is 5.01. The summed E-state index contributed by atoms with van der Waals surface area (Å²) in [7, 11) is 3.55. The Bertz CT molecular complexity index is 549. The molecule has 1 aromatic heterocycles. The van der Waals surface area contributed by atoms with E-state index in [0.29, 0.717) is 17.8 Å². The highest BCUT2D eigenvalue weighted by molar-refractivity contribution is 5.84. The molecule has 0 unspecified atom stereocenters. The smallest absolute Gasteiger partial charge is 0.265 e. The van der Waals surface area contributed by atoms with E-state index in [0.717, 1.165) is 0 Å². The number of rotatable bonds is 3. The Hall–Kier alpha value is -2.37. The zero-order chi connectivity index (χ0) is 12.4. The number of phenols is 1. The maximum atomic E-state index is 10.7. The molecule has 0 spiro atoms. The Labute approximate surface area is 97.5 Å². The van der Waals surface area contributed by atoms with Crippen molar-refractivity contribution in [3.8, 4) is 17.2 Å². The monoisotopic (exact) mass is 233 g/mol. The molecule has 0 radical (unpaired) electrons. The molecule has 0 atom stereocenters. The summed E-state index contributed by atoms with van der Waals surface area (Å²) in [6.07, 6.45) is 0.571. The van der Waals surface area contributed by atoms with E-state index in [2.05, 4.69) is 10.1 Å². The van der Waals surface area contributed by atoms with Crippen LogP contribution in [0.4, 0.5) is 5.95 Å². The summed E-state index contributed by atoms with van der Waals surface area (Å²) in [6, 6.07) is 4.75. The molecule has 1 aromatic carbocycles. The van der Waals surface area contributed by atoms with Crippen LogP contribution in [0.15, 0.2) is 22.7 Å². The van der Waals surface area contributed by atoms with Crippen LogP contribution in [0.3, 0.4) is 0 Å². The van der Waals surface area contributed by atoms with Gasteiger partial charge in [0.2, 0.25) is 0 Å². The van der Waals surface area contributed by atoms with Crippen molar-refractivity contribution in [1.82, 2.24) is 10.1 Å². The molecule has 0 saturated heterocycles. The highest BCUT2D eigenvalue weighted by Gasteiger charge is 2.15. The van der Waals surface area contributed by atoms with Gasteiger partial charge in [-0.2, -0.15) is 4.98 Å². The van der Waals surface area contributed by atoms with Gasteiger partial charge >= 0.3 is 0 Å². The van der Waals surface area contributed by atoms with E-state index in [-0.39, 0.29) is 17.2 Å².